The zero-order chi connectivity index (χ0) is 14.0. The number of piperazine rings is 1. The number of nitrogens with zero attached hydrogens (tertiary/aromatic N) is 1. The van der Waals surface area contributed by atoms with Gasteiger partial charge in [0.1, 0.15) is 0 Å². The summed E-state index contributed by atoms with van der Waals surface area (Å²) < 4.78 is 5.19. The molecule has 0 aromatic heterocycles. The van der Waals surface area contributed by atoms with Gasteiger partial charge >= 0.3 is 0 Å². The minimum absolute atomic E-state index is 0.195. The molecule has 2 N–H and O–H groups in total. The molecule has 1 aliphatic rings. The Bertz CT molecular complexity index is 436. The first-order chi connectivity index (χ1) is 9.02. The van der Waals surface area contributed by atoms with Gasteiger partial charge in [-0.3, -0.25) is 4.90 Å². The molecule has 1 aliphatic heterocycles. The first-order valence-corrected chi connectivity index (χ1v) is 6.89. The normalized spacial score (nSPS) is 26.1. The molecule has 3 atom stereocenters. The standard InChI is InChI=1S/C15H24N2O2/c1-10-9-17(11(2)8-16-10)12(3)13-5-6-14(18)15(7-13)19-4/h5-7,10-12,16,18H,8-9H2,1-4H3. The van der Waals surface area contributed by atoms with E-state index in [0.717, 1.165) is 13.1 Å². The Morgan fingerprint density at radius 3 is 2.84 bits per heavy atom. The van der Waals surface area contributed by atoms with Gasteiger partial charge in [-0.05, 0) is 38.5 Å². The Balaban J connectivity index is 2.20. The fraction of sp³-hybridized carbons (Fsp3) is 0.600. The molecule has 0 amide bonds. The topological polar surface area (TPSA) is 44.7 Å². The molecule has 1 heterocycles. The maximum Gasteiger partial charge on any atom is 0.160 e. The zero-order valence-corrected chi connectivity index (χ0v) is 12.2. The maximum atomic E-state index is 9.67. The first kappa shape index (κ1) is 14.2. The second-order valence-corrected chi connectivity index (χ2v) is 5.46. The van der Waals surface area contributed by atoms with Crippen molar-refractivity contribution in [3.05, 3.63) is 23.8 Å². The minimum atomic E-state index is 0.195. The predicted octanol–water partition coefficient (Wildman–Crippen LogP) is 2.14. The quantitative estimate of drug-likeness (QED) is 0.878. The molecule has 19 heavy (non-hydrogen) atoms. The van der Waals surface area contributed by atoms with E-state index in [9.17, 15) is 5.11 Å². The average molecular weight is 264 g/mol. The van der Waals surface area contributed by atoms with Crippen molar-refractivity contribution in [2.75, 3.05) is 20.2 Å². The van der Waals surface area contributed by atoms with Crippen molar-refractivity contribution in [3.63, 3.8) is 0 Å². The van der Waals surface area contributed by atoms with Crippen LogP contribution in [0.5, 0.6) is 11.5 Å². The van der Waals surface area contributed by atoms with Crippen molar-refractivity contribution in [2.24, 2.45) is 0 Å². The minimum Gasteiger partial charge on any atom is -0.504 e. The van der Waals surface area contributed by atoms with Gasteiger partial charge in [0.2, 0.25) is 0 Å². The van der Waals surface area contributed by atoms with Crippen LogP contribution in [-0.4, -0.2) is 42.3 Å². The van der Waals surface area contributed by atoms with Crippen LogP contribution in [0.15, 0.2) is 18.2 Å². The summed E-state index contributed by atoms with van der Waals surface area (Å²) in [6.45, 7) is 8.71. The average Bonchev–Trinajstić information content (AvgIpc) is 2.41. The third kappa shape index (κ3) is 3.01. The van der Waals surface area contributed by atoms with E-state index < -0.39 is 0 Å². The van der Waals surface area contributed by atoms with Gasteiger partial charge in [-0.1, -0.05) is 6.07 Å². The van der Waals surface area contributed by atoms with Gasteiger partial charge < -0.3 is 15.2 Å². The zero-order valence-electron chi connectivity index (χ0n) is 12.2. The number of ether oxygens (including phenoxy) is 1. The van der Waals surface area contributed by atoms with Gasteiger partial charge in [-0.2, -0.15) is 0 Å². The molecular formula is C15H24N2O2. The van der Waals surface area contributed by atoms with E-state index in [1.165, 1.54) is 5.56 Å². The lowest BCUT2D eigenvalue weighted by Crippen LogP contribution is -2.54. The summed E-state index contributed by atoms with van der Waals surface area (Å²) >= 11 is 0. The van der Waals surface area contributed by atoms with Crippen molar-refractivity contribution < 1.29 is 9.84 Å². The molecule has 4 nitrogen and oxygen atoms in total. The van der Waals surface area contributed by atoms with E-state index in [2.05, 4.69) is 31.0 Å². The SMILES string of the molecule is COc1cc(C(C)N2CC(C)NCC2C)ccc1O. The lowest BCUT2D eigenvalue weighted by Gasteiger charge is -2.41. The lowest BCUT2D eigenvalue weighted by atomic mass is 10.0. The second-order valence-electron chi connectivity index (χ2n) is 5.46. The molecule has 1 saturated heterocycles. The summed E-state index contributed by atoms with van der Waals surface area (Å²) in [5.41, 5.74) is 1.18. The highest BCUT2D eigenvalue weighted by Gasteiger charge is 2.27. The third-order valence-corrected chi connectivity index (χ3v) is 4.00. The number of aromatic hydroxyl groups is 1. The number of rotatable bonds is 3. The molecule has 0 radical (unpaired) electrons. The van der Waals surface area contributed by atoms with Gasteiger partial charge in [0.05, 0.1) is 7.11 Å². The highest BCUT2D eigenvalue weighted by molar-refractivity contribution is 5.42. The van der Waals surface area contributed by atoms with Crippen molar-refractivity contribution in [2.45, 2.75) is 38.9 Å². The van der Waals surface area contributed by atoms with Crippen molar-refractivity contribution >= 4 is 0 Å². The molecule has 1 aromatic rings. The summed E-state index contributed by atoms with van der Waals surface area (Å²) in [6.07, 6.45) is 0. The number of benzene rings is 1. The van der Waals surface area contributed by atoms with Crippen LogP contribution in [0.1, 0.15) is 32.4 Å². The van der Waals surface area contributed by atoms with E-state index in [4.69, 9.17) is 4.74 Å². The summed E-state index contributed by atoms with van der Waals surface area (Å²) in [5, 5.41) is 13.2. The number of hydrogen-bond donors (Lipinski definition) is 2. The fourth-order valence-corrected chi connectivity index (χ4v) is 2.74. The van der Waals surface area contributed by atoms with Crippen LogP contribution in [0.25, 0.3) is 0 Å². The van der Waals surface area contributed by atoms with E-state index in [1.54, 1.807) is 13.2 Å². The van der Waals surface area contributed by atoms with E-state index in [-0.39, 0.29) is 5.75 Å². The molecule has 1 fully saturated rings. The molecule has 3 unspecified atom stereocenters. The highest BCUT2D eigenvalue weighted by atomic mass is 16.5. The van der Waals surface area contributed by atoms with Crippen LogP contribution in [0.3, 0.4) is 0 Å². The van der Waals surface area contributed by atoms with Gasteiger partial charge in [-0.25, -0.2) is 0 Å². The molecule has 4 heteroatoms. The second kappa shape index (κ2) is 5.80. The summed E-state index contributed by atoms with van der Waals surface area (Å²) in [5.74, 6) is 0.736. The Labute approximate surface area is 115 Å². The molecule has 1 aromatic carbocycles. The van der Waals surface area contributed by atoms with Crippen LogP contribution in [-0.2, 0) is 0 Å². The number of hydrogen-bond acceptors (Lipinski definition) is 4. The summed E-state index contributed by atoms with van der Waals surface area (Å²) in [4.78, 5) is 2.49. The summed E-state index contributed by atoms with van der Waals surface area (Å²) in [6, 6.07) is 6.94. The Morgan fingerprint density at radius 1 is 1.42 bits per heavy atom. The van der Waals surface area contributed by atoms with Gasteiger partial charge in [0.15, 0.2) is 11.5 Å². The molecular weight excluding hydrogens is 240 g/mol. The highest BCUT2D eigenvalue weighted by Crippen LogP contribution is 2.32. The summed E-state index contributed by atoms with van der Waals surface area (Å²) in [7, 11) is 1.58. The van der Waals surface area contributed by atoms with E-state index >= 15 is 0 Å². The van der Waals surface area contributed by atoms with Crippen molar-refractivity contribution in [3.8, 4) is 11.5 Å². The van der Waals surface area contributed by atoms with Crippen LogP contribution in [0, 0.1) is 0 Å². The monoisotopic (exact) mass is 264 g/mol. The molecule has 106 valence electrons. The number of phenolic OH excluding ortho intramolecular Hbond substituents is 1. The van der Waals surface area contributed by atoms with Crippen molar-refractivity contribution in [1.82, 2.24) is 10.2 Å². The first-order valence-electron chi connectivity index (χ1n) is 6.89. The number of phenols is 1. The molecule has 0 spiro atoms. The van der Waals surface area contributed by atoms with E-state index in [0.29, 0.717) is 23.9 Å². The Hall–Kier alpha value is -1.26. The van der Waals surface area contributed by atoms with E-state index in [1.807, 2.05) is 12.1 Å². The van der Waals surface area contributed by atoms with Crippen LogP contribution in [0.2, 0.25) is 0 Å². The maximum absolute atomic E-state index is 9.67. The number of nitrogens with one attached hydrogen (secondary N) is 1. The van der Waals surface area contributed by atoms with Gasteiger partial charge in [-0.15, -0.1) is 0 Å². The Kier molecular flexibility index (Phi) is 4.32. The van der Waals surface area contributed by atoms with Gasteiger partial charge in [0, 0.05) is 31.2 Å². The van der Waals surface area contributed by atoms with Crippen LogP contribution in [0.4, 0.5) is 0 Å². The third-order valence-electron chi connectivity index (χ3n) is 4.00. The van der Waals surface area contributed by atoms with Crippen LogP contribution >= 0.6 is 0 Å². The Morgan fingerprint density at radius 2 is 2.16 bits per heavy atom. The molecule has 0 aliphatic carbocycles. The smallest absolute Gasteiger partial charge is 0.160 e. The fourth-order valence-electron chi connectivity index (χ4n) is 2.74. The molecule has 2 rings (SSSR count). The molecule has 0 bridgehead atoms. The van der Waals surface area contributed by atoms with Crippen LogP contribution < -0.4 is 10.1 Å². The number of methoxy groups -OCH3 is 1. The lowest BCUT2D eigenvalue weighted by molar-refractivity contribution is 0.103. The molecule has 0 saturated carbocycles. The largest absolute Gasteiger partial charge is 0.504 e. The van der Waals surface area contributed by atoms with Gasteiger partial charge in [0.25, 0.3) is 0 Å². The predicted molar refractivity (Wildman–Crippen MR) is 76.7 cm³/mol. The van der Waals surface area contributed by atoms with Crippen molar-refractivity contribution in [1.29, 1.82) is 0 Å².